The molecule has 2 atom stereocenters. The molecule has 1 saturated heterocycles. The first-order valence-electron chi connectivity index (χ1n) is 9.86. The van der Waals surface area contributed by atoms with E-state index in [9.17, 15) is 4.79 Å². The van der Waals surface area contributed by atoms with Gasteiger partial charge in [0, 0.05) is 61.9 Å². The first-order chi connectivity index (χ1) is 13.7. The largest absolute Gasteiger partial charge is 0.384 e. The molecule has 3 aromatic heterocycles. The zero-order valence-corrected chi connectivity index (χ0v) is 16.0. The minimum Gasteiger partial charge on any atom is -0.384 e. The smallest absolute Gasteiger partial charge is 0.253 e. The topological polar surface area (TPSA) is 75.9 Å². The van der Waals surface area contributed by atoms with Crippen molar-refractivity contribution in [3.63, 3.8) is 0 Å². The Bertz CT molecular complexity index is 1020. The molecule has 0 spiro atoms. The SMILES string of the molecule is Cn1ncc2c(NC[C@]34CCC[C@H]3CN(C(=O)c3ccncc3)C4)ccnc21. The van der Waals surface area contributed by atoms with E-state index >= 15 is 0 Å². The van der Waals surface area contributed by atoms with E-state index in [1.54, 1.807) is 29.2 Å². The fraction of sp³-hybridized carbons (Fsp3) is 0.429. The number of likely N-dealkylation sites (tertiary alicyclic amines) is 1. The van der Waals surface area contributed by atoms with E-state index < -0.39 is 0 Å². The molecule has 5 rings (SSSR count). The van der Waals surface area contributed by atoms with Crippen LogP contribution in [0.25, 0.3) is 11.0 Å². The van der Waals surface area contributed by atoms with Crippen LogP contribution in [0, 0.1) is 11.3 Å². The fourth-order valence-corrected chi connectivity index (χ4v) is 5.01. The molecular formula is C21H24N6O. The summed E-state index contributed by atoms with van der Waals surface area (Å²) in [5.41, 5.74) is 2.81. The molecule has 1 N–H and O–H groups in total. The molecule has 1 saturated carbocycles. The first-order valence-corrected chi connectivity index (χ1v) is 9.86. The molecule has 3 aromatic rings. The molecule has 2 aliphatic rings. The molecular weight excluding hydrogens is 352 g/mol. The van der Waals surface area contributed by atoms with Gasteiger partial charge in [0.15, 0.2) is 5.65 Å². The van der Waals surface area contributed by atoms with Crippen LogP contribution in [-0.2, 0) is 7.05 Å². The summed E-state index contributed by atoms with van der Waals surface area (Å²) in [7, 11) is 1.91. The monoisotopic (exact) mass is 376 g/mol. The second-order valence-corrected chi connectivity index (χ2v) is 8.09. The van der Waals surface area contributed by atoms with E-state index in [1.165, 1.54) is 12.8 Å². The van der Waals surface area contributed by atoms with Gasteiger partial charge in [0.05, 0.1) is 11.6 Å². The Labute approximate surface area is 163 Å². The molecule has 7 heteroatoms. The van der Waals surface area contributed by atoms with Crippen molar-refractivity contribution in [2.24, 2.45) is 18.4 Å². The van der Waals surface area contributed by atoms with Crippen LogP contribution in [0.15, 0.2) is 43.0 Å². The Balaban J connectivity index is 1.36. The van der Waals surface area contributed by atoms with Crippen LogP contribution in [0.3, 0.4) is 0 Å². The third-order valence-corrected chi connectivity index (χ3v) is 6.52. The number of aryl methyl sites for hydroxylation is 1. The maximum absolute atomic E-state index is 12.9. The third-order valence-electron chi connectivity index (χ3n) is 6.52. The Kier molecular flexibility index (Phi) is 4.03. The summed E-state index contributed by atoms with van der Waals surface area (Å²) in [5.74, 6) is 0.673. The summed E-state index contributed by atoms with van der Waals surface area (Å²) in [4.78, 5) is 23.4. The van der Waals surface area contributed by atoms with E-state index in [-0.39, 0.29) is 11.3 Å². The van der Waals surface area contributed by atoms with Gasteiger partial charge in [-0.2, -0.15) is 5.10 Å². The van der Waals surface area contributed by atoms with Gasteiger partial charge in [-0.3, -0.25) is 14.5 Å². The van der Waals surface area contributed by atoms with Gasteiger partial charge in [-0.25, -0.2) is 4.98 Å². The number of pyridine rings is 2. The quantitative estimate of drug-likeness (QED) is 0.758. The zero-order valence-electron chi connectivity index (χ0n) is 16.0. The highest BCUT2D eigenvalue weighted by molar-refractivity contribution is 5.94. The summed E-state index contributed by atoms with van der Waals surface area (Å²) >= 11 is 0. The van der Waals surface area contributed by atoms with Crippen molar-refractivity contribution in [1.29, 1.82) is 0 Å². The molecule has 2 fully saturated rings. The normalized spacial score (nSPS) is 23.9. The summed E-state index contributed by atoms with van der Waals surface area (Å²) in [6.45, 7) is 2.53. The number of anilines is 1. The number of nitrogens with one attached hydrogen (secondary N) is 1. The van der Waals surface area contributed by atoms with E-state index in [0.29, 0.717) is 5.92 Å². The summed E-state index contributed by atoms with van der Waals surface area (Å²) in [6, 6.07) is 5.62. The van der Waals surface area contributed by atoms with Crippen LogP contribution in [0.4, 0.5) is 5.69 Å². The third kappa shape index (κ3) is 2.73. The molecule has 0 unspecified atom stereocenters. The van der Waals surface area contributed by atoms with Crippen molar-refractivity contribution in [2.45, 2.75) is 19.3 Å². The fourth-order valence-electron chi connectivity index (χ4n) is 5.01. The molecule has 28 heavy (non-hydrogen) atoms. The summed E-state index contributed by atoms with van der Waals surface area (Å²) < 4.78 is 1.79. The lowest BCUT2D eigenvalue weighted by Gasteiger charge is -2.29. The summed E-state index contributed by atoms with van der Waals surface area (Å²) in [6.07, 6.45) is 10.6. The lowest BCUT2D eigenvalue weighted by atomic mass is 9.80. The first kappa shape index (κ1) is 17.2. The van der Waals surface area contributed by atoms with Gasteiger partial charge in [-0.05, 0) is 37.0 Å². The maximum atomic E-state index is 12.9. The van der Waals surface area contributed by atoms with E-state index in [1.807, 2.05) is 30.4 Å². The molecule has 0 bridgehead atoms. The minimum absolute atomic E-state index is 0.120. The van der Waals surface area contributed by atoms with Crippen molar-refractivity contribution >= 4 is 22.6 Å². The number of hydrogen-bond donors (Lipinski definition) is 1. The van der Waals surface area contributed by atoms with Crippen molar-refractivity contribution < 1.29 is 4.79 Å². The maximum Gasteiger partial charge on any atom is 0.253 e. The van der Waals surface area contributed by atoms with Crippen molar-refractivity contribution in [3.05, 3.63) is 48.5 Å². The Hall–Kier alpha value is -2.96. The Morgan fingerprint density at radius 1 is 1.29 bits per heavy atom. The van der Waals surface area contributed by atoms with E-state index in [2.05, 4.69) is 20.4 Å². The van der Waals surface area contributed by atoms with Gasteiger partial charge < -0.3 is 10.2 Å². The number of hydrogen-bond acceptors (Lipinski definition) is 5. The average Bonchev–Trinajstić information content (AvgIpc) is 3.39. The van der Waals surface area contributed by atoms with Gasteiger partial charge in [-0.15, -0.1) is 0 Å². The van der Waals surface area contributed by atoms with Crippen LogP contribution in [0.5, 0.6) is 0 Å². The standard InChI is InChI=1S/C21H24N6O/c1-26-19-17(11-25-26)18(6-10-23-19)24-13-21-7-2-3-16(21)12-27(14-21)20(28)15-4-8-22-9-5-15/h4-6,8-11,16H,2-3,7,12-14H2,1H3,(H,23,24)/t16-,21-/m0/s1. The molecule has 4 heterocycles. The van der Waals surface area contributed by atoms with Gasteiger partial charge >= 0.3 is 0 Å². The number of carbonyl (C=O) groups excluding carboxylic acids is 1. The highest BCUT2D eigenvalue weighted by Crippen LogP contribution is 2.49. The van der Waals surface area contributed by atoms with E-state index in [4.69, 9.17) is 0 Å². The lowest BCUT2D eigenvalue weighted by molar-refractivity contribution is 0.0770. The molecule has 144 valence electrons. The average molecular weight is 376 g/mol. The second-order valence-electron chi connectivity index (χ2n) is 8.09. The van der Waals surface area contributed by atoms with E-state index in [0.717, 1.165) is 48.3 Å². The lowest BCUT2D eigenvalue weighted by Crippen LogP contribution is -2.36. The van der Waals surface area contributed by atoms with Gasteiger partial charge in [0.1, 0.15) is 0 Å². The van der Waals surface area contributed by atoms with Crippen LogP contribution >= 0.6 is 0 Å². The predicted octanol–water partition coefficient (Wildman–Crippen LogP) is 2.72. The Morgan fingerprint density at radius 3 is 3.00 bits per heavy atom. The van der Waals surface area contributed by atoms with Crippen LogP contribution < -0.4 is 5.32 Å². The van der Waals surface area contributed by atoms with Gasteiger partial charge in [0.2, 0.25) is 0 Å². The van der Waals surface area contributed by atoms with Gasteiger partial charge in [-0.1, -0.05) is 6.42 Å². The van der Waals surface area contributed by atoms with Crippen LogP contribution in [0.2, 0.25) is 0 Å². The number of fused-ring (bicyclic) bond motifs is 2. The highest BCUT2D eigenvalue weighted by Gasteiger charge is 2.50. The molecule has 1 aliphatic heterocycles. The Morgan fingerprint density at radius 2 is 2.14 bits per heavy atom. The molecule has 1 amide bonds. The number of carbonyl (C=O) groups is 1. The van der Waals surface area contributed by atoms with Crippen molar-refractivity contribution in [3.8, 4) is 0 Å². The number of amides is 1. The molecule has 0 aromatic carbocycles. The van der Waals surface area contributed by atoms with Crippen molar-refractivity contribution in [2.75, 3.05) is 25.0 Å². The highest BCUT2D eigenvalue weighted by atomic mass is 16.2. The molecule has 0 radical (unpaired) electrons. The predicted molar refractivity (Wildman–Crippen MR) is 107 cm³/mol. The minimum atomic E-state index is 0.120. The number of aromatic nitrogens is 4. The van der Waals surface area contributed by atoms with Gasteiger partial charge in [0.25, 0.3) is 5.91 Å². The second kappa shape index (κ2) is 6.58. The van der Waals surface area contributed by atoms with Crippen LogP contribution in [0.1, 0.15) is 29.6 Å². The molecule has 1 aliphatic carbocycles. The number of rotatable bonds is 4. The summed E-state index contributed by atoms with van der Waals surface area (Å²) in [5, 5.41) is 9.03. The molecule has 7 nitrogen and oxygen atoms in total. The number of nitrogens with zero attached hydrogens (tertiary/aromatic N) is 5. The van der Waals surface area contributed by atoms with Crippen molar-refractivity contribution in [1.82, 2.24) is 24.6 Å². The zero-order chi connectivity index (χ0) is 19.1. The van der Waals surface area contributed by atoms with Crippen LogP contribution in [-0.4, -0.2) is 50.2 Å².